The number of rotatable bonds is 7. The Labute approximate surface area is 83.1 Å². The second kappa shape index (κ2) is 8.10. The number of unbranched alkanes of at least 4 members (excludes halogenated alkanes) is 1. The lowest BCUT2D eigenvalue weighted by Gasteiger charge is -2.19. The first-order chi connectivity index (χ1) is 6.24. The van der Waals surface area contributed by atoms with Gasteiger partial charge in [-0.1, -0.05) is 26.8 Å². The maximum atomic E-state index is 3.65. The Morgan fingerprint density at radius 3 is 2.46 bits per heavy atom. The molecule has 0 unspecified atom stereocenters. The smallest absolute Gasteiger partial charge is 0.00245 e. The summed E-state index contributed by atoms with van der Waals surface area (Å²) in [6.07, 6.45) is 3.71. The van der Waals surface area contributed by atoms with Gasteiger partial charge in [-0.2, -0.15) is 0 Å². The lowest BCUT2D eigenvalue weighted by atomic mass is 10.2. The summed E-state index contributed by atoms with van der Waals surface area (Å²) in [6.45, 7) is 13.8. The van der Waals surface area contributed by atoms with E-state index in [1.54, 1.807) is 0 Å². The molecule has 0 aliphatic rings. The molecule has 0 heterocycles. The van der Waals surface area contributed by atoms with Crippen LogP contribution in [0.3, 0.4) is 0 Å². The molecule has 0 aliphatic heterocycles. The van der Waals surface area contributed by atoms with Crippen LogP contribution < -0.4 is 0 Å². The molecule has 76 valence electrons. The summed E-state index contributed by atoms with van der Waals surface area (Å²) in [4.78, 5) is 2.49. The Morgan fingerprint density at radius 2 is 2.00 bits per heavy atom. The Morgan fingerprint density at radius 1 is 1.31 bits per heavy atom. The van der Waals surface area contributed by atoms with E-state index < -0.39 is 0 Å². The van der Waals surface area contributed by atoms with Crippen molar-refractivity contribution >= 4 is 0 Å². The van der Waals surface area contributed by atoms with E-state index in [1.165, 1.54) is 25.0 Å². The monoisotopic (exact) mass is 181 g/mol. The third-order valence-corrected chi connectivity index (χ3v) is 2.38. The summed E-state index contributed by atoms with van der Waals surface area (Å²) in [5.74, 6) is 0. The van der Waals surface area contributed by atoms with Crippen molar-refractivity contribution < 1.29 is 0 Å². The molecular formula is C12H23N. The van der Waals surface area contributed by atoms with Crippen LogP contribution in [-0.2, 0) is 0 Å². The van der Waals surface area contributed by atoms with E-state index in [9.17, 15) is 0 Å². The Bertz CT molecular complexity index is 166. The highest BCUT2D eigenvalue weighted by Gasteiger charge is 2.00. The van der Waals surface area contributed by atoms with Crippen LogP contribution in [0.5, 0.6) is 0 Å². The van der Waals surface area contributed by atoms with Crippen LogP contribution in [0.1, 0.15) is 40.0 Å². The van der Waals surface area contributed by atoms with E-state index in [-0.39, 0.29) is 0 Å². The maximum Gasteiger partial charge on any atom is 0.00245 e. The van der Waals surface area contributed by atoms with Gasteiger partial charge in [0.05, 0.1) is 0 Å². The Kier molecular flexibility index (Phi) is 7.77. The topological polar surface area (TPSA) is 3.24 Å². The fraction of sp³-hybridized carbons (Fsp3) is 0.750. The van der Waals surface area contributed by atoms with Crippen LogP contribution in [0.15, 0.2) is 17.9 Å². The molecule has 1 nitrogen and oxygen atoms in total. The van der Waals surface area contributed by atoms with Gasteiger partial charge < -0.3 is 4.90 Å². The van der Waals surface area contributed by atoms with E-state index in [1.807, 2.05) is 0 Å². The molecule has 0 bridgehead atoms. The van der Waals surface area contributed by atoms with Crippen LogP contribution in [0, 0.1) is 0 Å². The highest BCUT2D eigenvalue weighted by molar-refractivity contribution is 4.94. The Balaban J connectivity index is 3.65. The summed E-state index contributed by atoms with van der Waals surface area (Å²) in [6, 6.07) is 0. The molecule has 0 aromatic carbocycles. The highest BCUT2D eigenvalue weighted by Crippen LogP contribution is 2.01. The molecule has 0 aromatic heterocycles. The average Bonchev–Trinajstić information content (AvgIpc) is 2.17. The zero-order valence-electron chi connectivity index (χ0n) is 9.40. The zero-order chi connectivity index (χ0) is 10.1. The standard InChI is InChI=1S/C12H23N/c1-5-8-10-13(7-3)11-9-12(4)6-2/h2,5,7-11H2,1,3-4H3. The van der Waals surface area contributed by atoms with E-state index >= 15 is 0 Å². The van der Waals surface area contributed by atoms with Gasteiger partial charge in [0.25, 0.3) is 0 Å². The van der Waals surface area contributed by atoms with E-state index in [0.717, 1.165) is 19.5 Å². The number of nitrogens with zero attached hydrogens (tertiary/aromatic N) is 1. The van der Waals surface area contributed by atoms with Crippen molar-refractivity contribution in [1.82, 2.24) is 4.90 Å². The molecular weight excluding hydrogens is 158 g/mol. The molecule has 0 spiro atoms. The van der Waals surface area contributed by atoms with Gasteiger partial charge in [0.2, 0.25) is 0 Å². The van der Waals surface area contributed by atoms with Gasteiger partial charge in [-0.25, -0.2) is 0 Å². The van der Waals surface area contributed by atoms with Crippen LogP contribution in [0.4, 0.5) is 0 Å². The van der Waals surface area contributed by atoms with E-state index in [2.05, 4.69) is 38.0 Å². The van der Waals surface area contributed by atoms with Crippen molar-refractivity contribution in [1.29, 1.82) is 0 Å². The quantitative estimate of drug-likeness (QED) is 0.545. The molecule has 0 N–H and O–H groups in total. The van der Waals surface area contributed by atoms with E-state index in [0.29, 0.717) is 0 Å². The minimum absolute atomic E-state index is 1.11. The maximum absolute atomic E-state index is 3.65. The fourth-order valence-corrected chi connectivity index (χ4v) is 1.22. The number of hydrogen-bond acceptors (Lipinski definition) is 1. The van der Waals surface area contributed by atoms with Crippen molar-refractivity contribution in [3.8, 4) is 0 Å². The largest absolute Gasteiger partial charge is 0.303 e. The molecule has 1 heteroatoms. The molecule has 0 amide bonds. The summed E-state index contributed by atoms with van der Waals surface area (Å²) in [5.41, 5.74) is 4.21. The van der Waals surface area contributed by atoms with Gasteiger partial charge in [-0.05, 0) is 38.4 Å². The molecule has 0 fully saturated rings. The van der Waals surface area contributed by atoms with Crippen molar-refractivity contribution in [2.24, 2.45) is 0 Å². The summed E-state index contributed by atoms with van der Waals surface area (Å²) < 4.78 is 0. The number of hydrogen-bond donors (Lipinski definition) is 0. The van der Waals surface area contributed by atoms with Gasteiger partial charge in [0.1, 0.15) is 0 Å². The SMILES string of the molecule is C=C=C(C)CCN(CC)CCCC. The molecule has 0 saturated heterocycles. The van der Waals surface area contributed by atoms with Crippen LogP contribution in [0.2, 0.25) is 0 Å². The average molecular weight is 181 g/mol. The van der Waals surface area contributed by atoms with Crippen molar-refractivity contribution in [3.63, 3.8) is 0 Å². The van der Waals surface area contributed by atoms with Crippen LogP contribution in [-0.4, -0.2) is 24.5 Å². The predicted octanol–water partition coefficient (Wildman–Crippen LogP) is 3.23. The summed E-state index contributed by atoms with van der Waals surface area (Å²) in [7, 11) is 0. The van der Waals surface area contributed by atoms with Crippen LogP contribution >= 0.6 is 0 Å². The van der Waals surface area contributed by atoms with Gasteiger partial charge >= 0.3 is 0 Å². The highest BCUT2D eigenvalue weighted by atomic mass is 15.1. The van der Waals surface area contributed by atoms with Crippen molar-refractivity contribution in [2.75, 3.05) is 19.6 Å². The summed E-state index contributed by atoms with van der Waals surface area (Å²) >= 11 is 0. The molecule has 0 radical (unpaired) electrons. The van der Waals surface area contributed by atoms with Gasteiger partial charge in [-0.3, -0.25) is 0 Å². The molecule has 0 aromatic rings. The minimum atomic E-state index is 1.11. The van der Waals surface area contributed by atoms with Crippen molar-refractivity contribution in [2.45, 2.75) is 40.0 Å². The predicted molar refractivity (Wildman–Crippen MR) is 60.0 cm³/mol. The van der Waals surface area contributed by atoms with Gasteiger partial charge in [0, 0.05) is 6.54 Å². The molecule has 0 aliphatic carbocycles. The second-order valence-corrected chi connectivity index (χ2v) is 3.49. The third kappa shape index (κ3) is 6.62. The second-order valence-electron chi connectivity index (χ2n) is 3.49. The first-order valence-corrected chi connectivity index (χ1v) is 5.32. The van der Waals surface area contributed by atoms with Gasteiger partial charge in [0.15, 0.2) is 0 Å². The normalized spacial score (nSPS) is 10.2. The molecule has 0 rings (SSSR count). The lowest BCUT2D eigenvalue weighted by Crippen LogP contribution is -2.25. The van der Waals surface area contributed by atoms with Gasteiger partial charge in [-0.15, -0.1) is 5.73 Å². The first kappa shape index (κ1) is 12.5. The van der Waals surface area contributed by atoms with E-state index in [4.69, 9.17) is 0 Å². The third-order valence-electron chi connectivity index (χ3n) is 2.38. The molecule has 0 saturated carbocycles. The molecule has 0 atom stereocenters. The minimum Gasteiger partial charge on any atom is -0.303 e. The fourth-order valence-electron chi connectivity index (χ4n) is 1.22. The van der Waals surface area contributed by atoms with Crippen molar-refractivity contribution in [3.05, 3.63) is 17.9 Å². The molecule has 13 heavy (non-hydrogen) atoms. The zero-order valence-corrected chi connectivity index (χ0v) is 9.40. The Hall–Kier alpha value is -0.520. The lowest BCUT2D eigenvalue weighted by molar-refractivity contribution is 0.287. The first-order valence-electron chi connectivity index (χ1n) is 5.32. The van der Waals surface area contributed by atoms with Crippen LogP contribution in [0.25, 0.3) is 0 Å². The summed E-state index contributed by atoms with van der Waals surface area (Å²) in [5, 5.41) is 0.